The lowest BCUT2D eigenvalue weighted by molar-refractivity contribution is 1.12. The summed E-state index contributed by atoms with van der Waals surface area (Å²) in [4.78, 5) is 0. The largest absolute Gasteiger partial charge is 0.0622 e. The summed E-state index contributed by atoms with van der Waals surface area (Å²) in [5, 5.41) is 0. The molecule has 3 aromatic rings. The maximum atomic E-state index is 2.33. The van der Waals surface area contributed by atoms with Gasteiger partial charge in [-0.25, -0.2) is 0 Å². The summed E-state index contributed by atoms with van der Waals surface area (Å²) in [5.74, 6) is 0. The molecule has 0 radical (unpaired) electrons. The van der Waals surface area contributed by atoms with E-state index in [-0.39, 0.29) is 0 Å². The van der Waals surface area contributed by atoms with E-state index in [1.165, 1.54) is 33.4 Å². The molecule has 0 aliphatic carbocycles. The lowest BCUT2D eigenvalue weighted by Gasteiger charge is -2.09. The van der Waals surface area contributed by atoms with E-state index >= 15 is 0 Å². The van der Waals surface area contributed by atoms with Gasteiger partial charge in [-0.15, -0.1) is 0 Å². The minimum atomic E-state index is 1.01. The van der Waals surface area contributed by atoms with Crippen molar-refractivity contribution in [3.8, 4) is 0 Å². The van der Waals surface area contributed by atoms with E-state index < -0.39 is 0 Å². The first-order valence-corrected chi connectivity index (χ1v) is 7.88. The summed E-state index contributed by atoms with van der Waals surface area (Å²) in [6.07, 6.45) is 2.02. The van der Waals surface area contributed by atoms with Crippen LogP contribution in [0.25, 0.3) is 0 Å². The number of benzene rings is 3. The SMILES string of the molecule is Cc1ccc(Cc2ccc(Cc3ccccc3)cc2C)cc1. The zero-order valence-electron chi connectivity index (χ0n) is 13.3. The molecule has 0 aromatic heterocycles. The van der Waals surface area contributed by atoms with Crippen molar-refractivity contribution in [2.24, 2.45) is 0 Å². The minimum Gasteiger partial charge on any atom is -0.0622 e. The van der Waals surface area contributed by atoms with Gasteiger partial charge >= 0.3 is 0 Å². The lowest BCUT2D eigenvalue weighted by atomic mass is 9.96. The highest BCUT2D eigenvalue weighted by Gasteiger charge is 2.03. The molecule has 110 valence electrons. The third-order valence-corrected chi connectivity index (χ3v) is 4.17. The van der Waals surface area contributed by atoms with Gasteiger partial charge < -0.3 is 0 Å². The standard InChI is InChI=1S/C22H22/c1-17-8-10-20(11-9-17)16-22-13-12-21(14-18(22)2)15-19-6-4-3-5-7-19/h3-14H,15-16H2,1-2H3. The van der Waals surface area contributed by atoms with Gasteiger partial charge in [-0.1, -0.05) is 78.4 Å². The second kappa shape index (κ2) is 6.62. The van der Waals surface area contributed by atoms with Gasteiger partial charge in [-0.2, -0.15) is 0 Å². The van der Waals surface area contributed by atoms with Gasteiger partial charge in [0, 0.05) is 0 Å². The van der Waals surface area contributed by atoms with E-state index in [4.69, 9.17) is 0 Å². The Balaban J connectivity index is 1.76. The molecule has 0 heteroatoms. The van der Waals surface area contributed by atoms with Crippen LogP contribution in [0.1, 0.15) is 33.4 Å². The van der Waals surface area contributed by atoms with Crippen LogP contribution in [0.3, 0.4) is 0 Å². The van der Waals surface area contributed by atoms with Crippen molar-refractivity contribution in [1.29, 1.82) is 0 Å². The maximum absolute atomic E-state index is 2.33. The maximum Gasteiger partial charge on any atom is -0.00231 e. The Labute approximate surface area is 133 Å². The van der Waals surface area contributed by atoms with Crippen molar-refractivity contribution >= 4 is 0 Å². The molecule has 0 aliphatic rings. The predicted octanol–water partition coefficient (Wildman–Crippen LogP) is 5.49. The van der Waals surface area contributed by atoms with Gasteiger partial charge in [0.25, 0.3) is 0 Å². The Bertz CT molecular complexity index is 737. The normalized spacial score (nSPS) is 10.6. The molecule has 0 bridgehead atoms. The number of hydrogen-bond donors (Lipinski definition) is 0. The second-order valence-electron chi connectivity index (χ2n) is 6.09. The average Bonchev–Trinajstić information content (AvgIpc) is 2.53. The molecule has 0 aliphatic heterocycles. The molecule has 3 rings (SSSR count). The van der Waals surface area contributed by atoms with Crippen LogP contribution < -0.4 is 0 Å². The Morgan fingerprint density at radius 2 is 1.23 bits per heavy atom. The minimum absolute atomic E-state index is 1.01. The van der Waals surface area contributed by atoms with Crippen molar-refractivity contribution < 1.29 is 0 Å². The predicted molar refractivity (Wildman–Crippen MR) is 94.4 cm³/mol. The topological polar surface area (TPSA) is 0 Å². The van der Waals surface area contributed by atoms with Gasteiger partial charge in [0.1, 0.15) is 0 Å². The fourth-order valence-electron chi connectivity index (χ4n) is 2.82. The van der Waals surface area contributed by atoms with E-state index in [1.54, 1.807) is 0 Å². The van der Waals surface area contributed by atoms with E-state index in [2.05, 4.69) is 86.6 Å². The van der Waals surface area contributed by atoms with Crippen molar-refractivity contribution in [2.75, 3.05) is 0 Å². The van der Waals surface area contributed by atoms with Gasteiger partial charge in [0.2, 0.25) is 0 Å². The third-order valence-electron chi connectivity index (χ3n) is 4.17. The van der Waals surface area contributed by atoms with Crippen LogP contribution in [0, 0.1) is 13.8 Å². The van der Waals surface area contributed by atoms with Crippen LogP contribution in [0.2, 0.25) is 0 Å². The molecule has 0 unspecified atom stereocenters. The molecule has 0 amide bonds. The van der Waals surface area contributed by atoms with E-state index in [0.29, 0.717) is 0 Å². The van der Waals surface area contributed by atoms with E-state index in [1.807, 2.05) is 0 Å². The quantitative estimate of drug-likeness (QED) is 0.595. The van der Waals surface area contributed by atoms with Gasteiger partial charge in [-0.05, 0) is 54.5 Å². The molecule has 22 heavy (non-hydrogen) atoms. The zero-order valence-corrected chi connectivity index (χ0v) is 13.3. The van der Waals surface area contributed by atoms with Crippen molar-refractivity contribution in [1.82, 2.24) is 0 Å². The molecule has 0 N–H and O–H groups in total. The Morgan fingerprint density at radius 1 is 0.591 bits per heavy atom. The zero-order chi connectivity index (χ0) is 15.4. The average molecular weight is 286 g/mol. The summed E-state index contributed by atoms with van der Waals surface area (Å²) in [6, 6.07) is 26.4. The van der Waals surface area contributed by atoms with Crippen LogP contribution >= 0.6 is 0 Å². The smallest absolute Gasteiger partial charge is 0.00231 e. The van der Waals surface area contributed by atoms with E-state index in [0.717, 1.165) is 12.8 Å². The second-order valence-corrected chi connectivity index (χ2v) is 6.09. The van der Waals surface area contributed by atoms with Crippen LogP contribution in [0.5, 0.6) is 0 Å². The van der Waals surface area contributed by atoms with Crippen molar-refractivity contribution in [2.45, 2.75) is 26.7 Å². The van der Waals surface area contributed by atoms with Gasteiger partial charge in [0.05, 0.1) is 0 Å². The fourth-order valence-corrected chi connectivity index (χ4v) is 2.82. The first-order chi connectivity index (χ1) is 10.7. The molecule has 0 heterocycles. The summed E-state index contributed by atoms with van der Waals surface area (Å²) < 4.78 is 0. The summed E-state index contributed by atoms with van der Waals surface area (Å²) in [5.41, 5.74) is 8.25. The Morgan fingerprint density at radius 3 is 1.91 bits per heavy atom. The van der Waals surface area contributed by atoms with Crippen molar-refractivity contribution in [3.63, 3.8) is 0 Å². The Kier molecular flexibility index (Phi) is 4.39. The fraction of sp³-hybridized carbons (Fsp3) is 0.182. The molecule has 0 atom stereocenters. The van der Waals surface area contributed by atoms with Crippen LogP contribution in [0.4, 0.5) is 0 Å². The number of rotatable bonds is 4. The highest BCUT2D eigenvalue weighted by Crippen LogP contribution is 2.18. The van der Waals surface area contributed by atoms with Crippen LogP contribution in [0.15, 0.2) is 72.8 Å². The third kappa shape index (κ3) is 3.65. The first-order valence-electron chi connectivity index (χ1n) is 7.88. The van der Waals surface area contributed by atoms with Crippen LogP contribution in [-0.4, -0.2) is 0 Å². The molecular weight excluding hydrogens is 264 g/mol. The molecule has 0 saturated heterocycles. The monoisotopic (exact) mass is 286 g/mol. The van der Waals surface area contributed by atoms with Gasteiger partial charge in [-0.3, -0.25) is 0 Å². The summed E-state index contributed by atoms with van der Waals surface area (Å²) >= 11 is 0. The van der Waals surface area contributed by atoms with Crippen LogP contribution in [-0.2, 0) is 12.8 Å². The van der Waals surface area contributed by atoms with E-state index in [9.17, 15) is 0 Å². The first kappa shape index (κ1) is 14.6. The molecule has 0 nitrogen and oxygen atoms in total. The summed E-state index contributed by atoms with van der Waals surface area (Å²) in [7, 11) is 0. The molecule has 0 fully saturated rings. The highest BCUT2D eigenvalue weighted by atomic mass is 14.1. The van der Waals surface area contributed by atoms with Gasteiger partial charge in [0.15, 0.2) is 0 Å². The molecule has 0 spiro atoms. The molecular formula is C22H22. The van der Waals surface area contributed by atoms with Crippen molar-refractivity contribution in [3.05, 3.63) is 106 Å². The summed E-state index contributed by atoms with van der Waals surface area (Å²) in [6.45, 7) is 4.35. The molecule has 0 saturated carbocycles. The molecule has 3 aromatic carbocycles. The highest BCUT2D eigenvalue weighted by molar-refractivity contribution is 5.37. The number of hydrogen-bond acceptors (Lipinski definition) is 0. The lowest BCUT2D eigenvalue weighted by Crippen LogP contribution is -1.95. The Hall–Kier alpha value is -2.34. The number of aryl methyl sites for hydroxylation is 2.